The Hall–Kier alpha value is -1.01. The SMILES string of the molecule is COC(=O)C(N)Cc1cn(CC(=O)NCCOP(=O)([O-])I)cn1. The van der Waals surface area contributed by atoms with E-state index in [0.29, 0.717) is 5.69 Å². The van der Waals surface area contributed by atoms with Crippen molar-refractivity contribution in [1.82, 2.24) is 14.9 Å². The highest BCUT2D eigenvalue weighted by Crippen LogP contribution is 2.45. The van der Waals surface area contributed by atoms with E-state index < -0.39 is 17.2 Å². The van der Waals surface area contributed by atoms with Gasteiger partial charge in [0, 0.05) is 41.2 Å². The normalized spacial score (nSPS) is 14.8. The summed E-state index contributed by atoms with van der Waals surface area (Å²) in [6, 6.07) is -0.814. The van der Waals surface area contributed by atoms with Crippen molar-refractivity contribution >= 4 is 39.2 Å². The minimum atomic E-state index is -3.81. The fraction of sp³-hybridized carbons (Fsp3) is 0.545. The molecule has 130 valence electrons. The molecule has 1 amide bonds. The van der Waals surface area contributed by atoms with E-state index in [9.17, 15) is 19.0 Å². The molecule has 0 aliphatic rings. The van der Waals surface area contributed by atoms with Gasteiger partial charge in [0.2, 0.25) is 5.91 Å². The summed E-state index contributed by atoms with van der Waals surface area (Å²) in [5.74, 6) is -0.868. The van der Waals surface area contributed by atoms with Crippen LogP contribution in [0.15, 0.2) is 12.5 Å². The first-order valence-corrected chi connectivity index (χ1v) is 10.8. The highest BCUT2D eigenvalue weighted by Gasteiger charge is 2.16. The van der Waals surface area contributed by atoms with Gasteiger partial charge in [-0.05, 0) is 0 Å². The Morgan fingerprint density at radius 3 is 2.91 bits per heavy atom. The lowest BCUT2D eigenvalue weighted by Gasteiger charge is -2.15. The Labute approximate surface area is 145 Å². The number of hydrogen-bond donors (Lipinski definition) is 2. The maximum Gasteiger partial charge on any atom is 0.323 e. The first kappa shape index (κ1) is 20.0. The Bertz CT molecular complexity index is 589. The molecule has 0 radical (unpaired) electrons. The van der Waals surface area contributed by atoms with E-state index in [2.05, 4.69) is 19.6 Å². The molecule has 0 saturated carbocycles. The molecular weight excluding hydrogens is 442 g/mol. The predicted molar refractivity (Wildman–Crippen MR) is 86.5 cm³/mol. The summed E-state index contributed by atoms with van der Waals surface area (Å²) >= 11 is 1.18. The van der Waals surface area contributed by atoms with Crippen molar-refractivity contribution in [3.05, 3.63) is 18.2 Å². The van der Waals surface area contributed by atoms with Crippen LogP contribution in [0.1, 0.15) is 5.69 Å². The number of halogens is 1. The van der Waals surface area contributed by atoms with Gasteiger partial charge in [-0.1, -0.05) is 0 Å². The molecule has 0 fully saturated rings. The zero-order valence-electron chi connectivity index (χ0n) is 12.3. The van der Waals surface area contributed by atoms with Crippen LogP contribution in [0, 0.1) is 0 Å². The van der Waals surface area contributed by atoms with E-state index in [1.807, 2.05) is 0 Å². The Morgan fingerprint density at radius 1 is 1.61 bits per heavy atom. The monoisotopic (exact) mass is 459 g/mol. The lowest BCUT2D eigenvalue weighted by atomic mass is 10.2. The van der Waals surface area contributed by atoms with E-state index in [1.54, 1.807) is 6.20 Å². The minimum Gasteiger partial charge on any atom is -0.771 e. The van der Waals surface area contributed by atoms with E-state index in [0.717, 1.165) is 0 Å². The van der Waals surface area contributed by atoms with Crippen LogP contribution in [0.4, 0.5) is 0 Å². The molecule has 0 aliphatic heterocycles. The largest absolute Gasteiger partial charge is 0.771 e. The highest BCUT2D eigenvalue weighted by molar-refractivity contribution is 14.2. The van der Waals surface area contributed by atoms with Crippen LogP contribution in [-0.2, 0) is 36.4 Å². The lowest BCUT2D eigenvalue weighted by Crippen LogP contribution is -2.33. The summed E-state index contributed by atoms with van der Waals surface area (Å²) in [6.07, 6.45) is 3.23. The molecule has 1 aromatic heterocycles. The average molecular weight is 459 g/mol. The van der Waals surface area contributed by atoms with Crippen molar-refractivity contribution in [3.63, 3.8) is 0 Å². The molecule has 1 heterocycles. The number of nitrogens with one attached hydrogen (secondary N) is 1. The second-order valence-electron chi connectivity index (χ2n) is 4.48. The van der Waals surface area contributed by atoms with Gasteiger partial charge < -0.3 is 29.8 Å². The van der Waals surface area contributed by atoms with Crippen LogP contribution in [0.25, 0.3) is 0 Å². The van der Waals surface area contributed by atoms with Crippen LogP contribution in [0.5, 0.6) is 0 Å². The van der Waals surface area contributed by atoms with Crippen LogP contribution in [0.3, 0.4) is 0 Å². The van der Waals surface area contributed by atoms with E-state index in [-0.39, 0.29) is 32.0 Å². The first-order valence-electron chi connectivity index (χ1n) is 6.47. The summed E-state index contributed by atoms with van der Waals surface area (Å²) in [4.78, 5) is 37.7. The van der Waals surface area contributed by atoms with Crippen LogP contribution < -0.4 is 15.9 Å². The van der Waals surface area contributed by atoms with E-state index >= 15 is 0 Å². The maximum atomic E-state index is 11.7. The zero-order chi connectivity index (χ0) is 17.5. The summed E-state index contributed by atoms with van der Waals surface area (Å²) in [7, 11) is 1.25. The van der Waals surface area contributed by atoms with Crippen molar-refractivity contribution in [2.45, 2.75) is 19.0 Å². The van der Waals surface area contributed by atoms with E-state index in [1.165, 1.54) is 40.0 Å². The molecule has 1 aromatic rings. The second kappa shape index (κ2) is 9.33. The smallest absolute Gasteiger partial charge is 0.323 e. The summed E-state index contributed by atoms with van der Waals surface area (Å²) in [5, 5.41) is -1.30. The number of carbonyl (C=O) groups is 2. The maximum absolute atomic E-state index is 11.7. The summed E-state index contributed by atoms with van der Waals surface area (Å²) in [6.45, 7) is -0.0544. The molecule has 0 aromatic carbocycles. The third kappa shape index (κ3) is 8.42. The number of amides is 1. The molecule has 0 saturated heterocycles. The van der Waals surface area contributed by atoms with Gasteiger partial charge in [0.15, 0.2) is 5.24 Å². The third-order valence-electron chi connectivity index (χ3n) is 2.62. The molecule has 3 N–H and O–H groups in total. The third-order valence-corrected chi connectivity index (χ3v) is 3.94. The van der Waals surface area contributed by atoms with Gasteiger partial charge in [0.25, 0.3) is 0 Å². The molecule has 23 heavy (non-hydrogen) atoms. The van der Waals surface area contributed by atoms with Gasteiger partial charge in [0.1, 0.15) is 12.6 Å². The number of methoxy groups -OCH3 is 1. The number of esters is 1. The van der Waals surface area contributed by atoms with Gasteiger partial charge >= 0.3 is 5.97 Å². The fourth-order valence-electron chi connectivity index (χ4n) is 1.63. The Kier molecular flexibility index (Phi) is 8.12. The van der Waals surface area contributed by atoms with Crippen LogP contribution >= 0.6 is 27.3 Å². The summed E-state index contributed by atoms with van der Waals surface area (Å²) < 4.78 is 21.3. The average Bonchev–Trinajstić information content (AvgIpc) is 2.88. The van der Waals surface area contributed by atoms with Crippen molar-refractivity contribution < 1.29 is 28.3 Å². The molecule has 0 spiro atoms. The Morgan fingerprint density at radius 2 is 2.30 bits per heavy atom. The number of ether oxygens (including phenoxy) is 1. The predicted octanol–water partition coefficient (Wildman–Crippen LogP) is -1.04. The standard InChI is InChI=1S/C11H18IN4O6P/c1-21-11(18)9(13)4-8-5-16(7-15-8)6-10(17)14-2-3-22-23(12,19)20/h5,7,9H,2-4,6,13H2,1H3,(H,14,17)(H,19,20)/p-1. The van der Waals surface area contributed by atoms with Gasteiger partial charge in [0.05, 0.1) is 25.7 Å². The molecule has 0 aliphatic carbocycles. The van der Waals surface area contributed by atoms with Crippen molar-refractivity contribution in [2.75, 3.05) is 20.3 Å². The van der Waals surface area contributed by atoms with Crippen molar-refractivity contribution in [3.8, 4) is 0 Å². The fourth-order valence-corrected chi connectivity index (χ4v) is 2.53. The molecule has 1 rings (SSSR count). The van der Waals surface area contributed by atoms with E-state index in [4.69, 9.17) is 5.73 Å². The Balaban J connectivity index is 2.36. The molecule has 10 nitrogen and oxygen atoms in total. The highest BCUT2D eigenvalue weighted by atomic mass is 127. The second-order valence-corrected chi connectivity index (χ2v) is 9.15. The van der Waals surface area contributed by atoms with Crippen molar-refractivity contribution in [1.29, 1.82) is 0 Å². The topological polar surface area (TPSA) is 149 Å². The summed E-state index contributed by atoms with van der Waals surface area (Å²) in [5.41, 5.74) is 6.17. The number of nitrogens with zero attached hydrogens (tertiary/aromatic N) is 2. The zero-order valence-corrected chi connectivity index (χ0v) is 15.4. The minimum absolute atomic E-state index is 0.000265. The lowest BCUT2D eigenvalue weighted by molar-refractivity contribution is -0.187. The molecular formula is C11H17IN4O6P-. The van der Waals surface area contributed by atoms with Gasteiger partial charge in [-0.3, -0.25) is 14.2 Å². The van der Waals surface area contributed by atoms with Crippen LogP contribution in [0.2, 0.25) is 0 Å². The molecule has 2 atom stereocenters. The number of carbonyl (C=O) groups excluding carboxylic acids is 2. The quantitative estimate of drug-likeness (QED) is 0.206. The van der Waals surface area contributed by atoms with Gasteiger partial charge in [-0.25, -0.2) is 4.98 Å². The molecule has 12 heteroatoms. The first-order chi connectivity index (χ1) is 10.7. The van der Waals surface area contributed by atoms with Crippen molar-refractivity contribution in [2.24, 2.45) is 5.73 Å². The number of nitrogens with two attached hydrogens (primary N) is 1. The van der Waals surface area contributed by atoms with Gasteiger partial charge in [-0.15, -0.1) is 0 Å². The number of imidazole rings is 1. The van der Waals surface area contributed by atoms with Crippen LogP contribution in [-0.4, -0.2) is 47.7 Å². The number of rotatable bonds is 9. The number of aromatic nitrogens is 2. The van der Waals surface area contributed by atoms with Gasteiger partial charge in [-0.2, -0.15) is 0 Å². The molecule has 0 bridgehead atoms. The molecule has 2 unspecified atom stereocenters. The number of hydrogen-bond acceptors (Lipinski definition) is 8.